The van der Waals surface area contributed by atoms with Crippen LogP contribution in [-0.2, 0) is 16.2 Å². The van der Waals surface area contributed by atoms with E-state index in [1.807, 2.05) is 0 Å². The molecule has 0 saturated carbocycles. The van der Waals surface area contributed by atoms with E-state index in [4.69, 9.17) is 16.7 Å². The minimum Gasteiger partial charge on any atom is -0.387 e. The maximum absolute atomic E-state index is 13.2. The van der Waals surface area contributed by atoms with Crippen molar-refractivity contribution in [3.8, 4) is 0 Å². The van der Waals surface area contributed by atoms with Gasteiger partial charge in [0.05, 0.1) is 16.6 Å². The Bertz CT molecular complexity index is 855. The van der Waals surface area contributed by atoms with Gasteiger partial charge < -0.3 is 10.4 Å². The van der Waals surface area contributed by atoms with Crippen LogP contribution in [-0.4, -0.2) is 20.1 Å². The lowest BCUT2D eigenvalue weighted by Gasteiger charge is -2.18. The van der Waals surface area contributed by atoms with Gasteiger partial charge in [-0.15, -0.1) is 0 Å². The molecule has 0 bridgehead atoms. The van der Waals surface area contributed by atoms with Crippen LogP contribution >= 0.6 is 11.6 Å². The van der Waals surface area contributed by atoms with Crippen LogP contribution in [0.25, 0.3) is 0 Å². The van der Waals surface area contributed by atoms with Crippen LogP contribution in [0.4, 0.5) is 18.9 Å². The van der Waals surface area contributed by atoms with Gasteiger partial charge in [0, 0.05) is 17.3 Å². The zero-order valence-corrected chi connectivity index (χ0v) is 14.2. The third kappa shape index (κ3) is 5.08. The van der Waals surface area contributed by atoms with E-state index in [1.165, 1.54) is 0 Å². The highest BCUT2D eigenvalue weighted by Crippen LogP contribution is 2.36. The zero-order valence-electron chi connectivity index (χ0n) is 12.6. The molecular weight excluding hydrogens is 381 g/mol. The lowest BCUT2D eigenvalue weighted by atomic mass is 10.1. The first kappa shape index (κ1) is 19.5. The van der Waals surface area contributed by atoms with Gasteiger partial charge in [0.15, 0.2) is 0 Å². The van der Waals surface area contributed by atoms with E-state index in [0.717, 1.165) is 12.1 Å². The fraction of sp³-hybridized carbons (Fsp3) is 0.200. The van der Waals surface area contributed by atoms with Crippen molar-refractivity contribution in [1.29, 1.82) is 0 Å². The summed E-state index contributed by atoms with van der Waals surface area (Å²) in [6, 6.07) is 8.54. The van der Waals surface area contributed by atoms with Gasteiger partial charge in [-0.25, -0.2) is 13.6 Å². The number of alkyl halides is 3. The van der Waals surface area contributed by atoms with Crippen molar-refractivity contribution < 1.29 is 26.7 Å². The Hall–Kier alpha value is -1.81. The predicted octanol–water partition coefficient (Wildman–Crippen LogP) is 3.15. The smallest absolute Gasteiger partial charge is 0.387 e. The molecule has 0 amide bonds. The number of nitrogens with two attached hydrogens (primary N) is 1. The Morgan fingerprint density at radius 3 is 2.28 bits per heavy atom. The number of sulfonamides is 1. The highest BCUT2D eigenvalue weighted by Gasteiger charge is 2.34. The number of rotatable bonds is 5. The van der Waals surface area contributed by atoms with Crippen molar-refractivity contribution in [3.63, 3.8) is 0 Å². The number of hydrogen-bond acceptors (Lipinski definition) is 4. The summed E-state index contributed by atoms with van der Waals surface area (Å²) >= 11 is 5.73. The molecule has 0 heterocycles. The quantitative estimate of drug-likeness (QED) is 0.726. The molecule has 0 fully saturated rings. The highest BCUT2D eigenvalue weighted by atomic mass is 35.5. The van der Waals surface area contributed by atoms with Gasteiger partial charge in [-0.2, -0.15) is 13.2 Å². The molecule has 1 unspecified atom stereocenters. The third-order valence-corrected chi connectivity index (χ3v) is 4.53. The van der Waals surface area contributed by atoms with Crippen LogP contribution in [0.3, 0.4) is 0 Å². The summed E-state index contributed by atoms with van der Waals surface area (Å²) in [5.74, 6) is 0. The van der Waals surface area contributed by atoms with E-state index in [2.05, 4.69) is 5.32 Å². The first-order chi connectivity index (χ1) is 11.5. The second-order valence-corrected chi connectivity index (χ2v) is 7.20. The van der Waals surface area contributed by atoms with Gasteiger partial charge in [-0.05, 0) is 35.9 Å². The second-order valence-electron chi connectivity index (χ2n) is 5.20. The first-order valence-corrected chi connectivity index (χ1v) is 8.82. The molecule has 0 aliphatic rings. The maximum atomic E-state index is 13.2. The molecule has 2 aromatic rings. The fourth-order valence-electron chi connectivity index (χ4n) is 2.10. The SMILES string of the molecule is NS(=O)(=O)c1ccc(NCC(O)c2ccc(Cl)cc2)c(C(F)(F)F)c1. The molecule has 136 valence electrons. The molecule has 1 atom stereocenters. The van der Waals surface area contributed by atoms with Gasteiger partial charge in [0.2, 0.25) is 10.0 Å². The Labute approximate surface area is 147 Å². The first-order valence-electron chi connectivity index (χ1n) is 6.90. The Kier molecular flexibility index (Phi) is 5.62. The van der Waals surface area contributed by atoms with E-state index >= 15 is 0 Å². The van der Waals surface area contributed by atoms with Gasteiger partial charge in [-0.3, -0.25) is 0 Å². The van der Waals surface area contributed by atoms with E-state index in [1.54, 1.807) is 24.3 Å². The van der Waals surface area contributed by atoms with Crippen molar-refractivity contribution in [2.75, 3.05) is 11.9 Å². The maximum Gasteiger partial charge on any atom is 0.418 e. The zero-order chi connectivity index (χ0) is 18.8. The van der Waals surface area contributed by atoms with Crippen LogP contribution in [0.15, 0.2) is 47.4 Å². The minimum absolute atomic E-state index is 0.223. The largest absolute Gasteiger partial charge is 0.418 e. The minimum atomic E-state index is -4.80. The number of nitrogens with one attached hydrogen (secondary N) is 1. The molecular formula is C15H14ClF3N2O3S. The summed E-state index contributed by atoms with van der Waals surface area (Å²) in [5.41, 5.74) is -1.10. The van der Waals surface area contributed by atoms with Crippen LogP contribution in [0.2, 0.25) is 5.02 Å². The van der Waals surface area contributed by atoms with Crippen LogP contribution in [0, 0.1) is 0 Å². The molecule has 10 heteroatoms. The number of aliphatic hydroxyl groups is 1. The fourth-order valence-corrected chi connectivity index (χ4v) is 2.76. The average Bonchev–Trinajstić information content (AvgIpc) is 2.51. The topological polar surface area (TPSA) is 92.4 Å². The van der Waals surface area contributed by atoms with Gasteiger partial charge in [-0.1, -0.05) is 23.7 Å². The van der Waals surface area contributed by atoms with Crippen molar-refractivity contribution in [3.05, 3.63) is 58.6 Å². The Morgan fingerprint density at radius 2 is 1.76 bits per heavy atom. The predicted molar refractivity (Wildman–Crippen MR) is 87.7 cm³/mol. The van der Waals surface area contributed by atoms with Crippen molar-refractivity contribution in [1.82, 2.24) is 0 Å². The molecule has 0 saturated heterocycles. The molecule has 0 aliphatic heterocycles. The highest BCUT2D eigenvalue weighted by molar-refractivity contribution is 7.89. The van der Waals surface area contributed by atoms with Crippen LogP contribution < -0.4 is 10.5 Å². The molecule has 5 nitrogen and oxygen atoms in total. The van der Waals surface area contributed by atoms with E-state index in [9.17, 15) is 26.7 Å². The molecule has 0 radical (unpaired) electrons. The van der Waals surface area contributed by atoms with E-state index in [0.29, 0.717) is 16.7 Å². The summed E-state index contributed by atoms with van der Waals surface area (Å²) in [5, 5.41) is 17.8. The van der Waals surface area contributed by atoms with Crippen LogP contribution in [0.1, 0.15) is 17.2 Å². The molecule has 25 heavy (non-hydrogen) atoms. The van der Waals surface area contributed by atoms with Gasteiger partial charge in [0.1, 0.15) is 0 Å². The summed E-state index contributed by atoms with van der Waals surface area (Å²) < 4.78 is 61.9. The Morgan fingerprint density at radius 1 is 1.16 bits per heavy atom. The normalized spacial score (nSPS) is 13.5. The monoisotopic (exact) mass is 394 g/mol. The molecule has 4 N–H and O–H groups in total. The van der Waals surface area contributed by atoms with E-state index in [-0.39, 0.29) is 12.2 Å². The summed E-state index contributed by atoms with van der Waals surface area (Å²) in [6.45, 7) is -0.223. The van der Waals surface area contributed by atoms with E-state index < -0.39 is 32.8 Å². The number of hydrogen-bond donors (Lipinski definition) is 3. The molecule has 2 rings (SSSR count). The molecule has 0 aliphatic carbocycles. The number of halogens is 4. The number of primary sulfonamides is 1. The number of aliphatic hydroxyl groups excluding tert-OH is 1. The third-order valence-electron chi connectivity index (χ3n) is 3.37. The number of anilines is 1. The van der Waals surface area contributed by atoms with Gasteiger partial charge in [0.25, 0.3) is 0 Å². The Balaban J connectivity index is 2.25. The lowest BCUT2D eigenvalue weighted by Crippen LogP contribution is -2.18. The summed E-state index contributed by atoms with van der Waals surface area (Å²) in [6.07, 6.45) is -5.88. The van der Waals surface area contributed by atoms with Gasteiger partial charge >= 0.3 is 6.18 Å². The molecule has 0 spiro atoms. The van der Waals surface area contributed by atoms with Crippen molar-refractivity contribution in [2.45, 2.75) is 17.2 Å². The standard InChI is InChI=1S/C15H14ClF3N2O3S/c16-10-3-1-9(2-4-10)14(22)8-21-13-6-5-11(25(20,23)24)7-12(13)15(17,18)19/h1-7,14,21-22H,8H2,(H2,20,23,24). The molecule has 0 aromatic heterocycles. The summed E-state index contributed by atoms with van der Waals surface area (Å²) in [7, 11) is -4.27. The van der Waals surface area contributed by atoms with Crippen molar-refractivity contribution in [2.24, 2.45) is 5.14 Å². The van der Waals surface area contributed by atoms with Crippen LogP contribution in [0.5, 0.6) is 0 Å². The summed E-state index contributed by atoms with van der Waals surface area (Å²) in [4.78, 5) is -0.649. The molecule has 2 aromatic carbocycles. The number of benzene rings is 2. The van der Waals surface area contributed by atoms with Crippen molar-refractivity contribution >= 4 is 27.3 Å². The average molecular weight is 395 g/mol. The lowest BCUT2D eigenvalue weighted by molar-refractivity contribution is -0.137. The second kappa shape index (κ2) is 7.20.